The van der Waals surface area contributed by atoms with Gasteiger partial charge in [-0.3, -0.25) is 4.79 Å². The lowest BCUT2D eigenvalue weighted by atomic mass is 10.2. The number of carbonyl (C=O) groups excluding carboxylic acids is 1. The van der Waals surface area contributed by atoms with Crippen molar-refractivity contribution in [3.05, 3.63) is 44.1 Å². The van der Waals surface area contributed by atoms with Gasteiger partial charge in [-0.25, -0.2) is 9.97 Å². The van der Waals surface area contributed by atoms with E-state index in [2.05, 4.69) is 15.3 Å². The monoisotopic (exact) mass is 401 g/mol. The van der Waals surface area contributed by atoms with E-state index in [1.807, 2.05) is 0 Å². The Balaban J connectivity index is 2.04. The number of benzene rings is 1. The van der Waals surface area contributed by atoms with Crippen LogP contribution in [0, 0.1) is 6.92 Å². The molecule has 0 bridgehead atoms. The van der Waals surface area contributed by atoms with Crippen molar-refractivity contribution in [2.75, 3.05) is 12.4 Å². The molecule has 2 heterocycles. The zero-order valence-electron chi connectivity index (χ0n) is 12.5. The number of hydrogen-bond acceptors (Lipinski definition) is 5. The molecule has 3 aromatic rings. The minimum absolute atomic E-state index is 0.230. The Bertz CT molecular complexity index is 959. The number of nitrogens with one attached hydrogen (secondary N) is 1. The summed E-state index contributed by atoms with van der Waals surface area (Å²) in [6.07, 6.45) is 1.31. The van der Waals surface area contributed by atoms with E-state index in [4.69, 9.17) is 39.5 Å². The summed E-state index contributed by atoms with van der Waals surface area (Å²) in [4.78, 5) is 20.7. The Hall–Kier alpha value is -1.60. The van der Waals surface area contributed by atoms with Gasteiger partial charge < -0.3 is 10.1 Å². The number of hydrogen-bond donors (Lipinski definition) is 1. The fraction of sp³-hybridized carbons (Fsp3) is 0.133. The van der Waals surface area contributed by atoms with Crippen molar-refractivity contribution in [1.82, 2.24) is 9.97 Å². The number of thiophene rings is 1. The Morgan fingerprint density at radius 3 is 2.71 bits per heavy atom. The van der Waals surface area contributed by atoms with E-state index in [1.54, 1.807) is 18.4 Å². The summed E-state index contributed by atoms with van der Waals surface area (Å²) >= 11 is 19.8. The zero-order chi connectivity index (χ0) is 17.4. The molecule has 1 N–H and O–H groups in total. The zero-order valence-corrected chi connectivity index (χ0v) is 15.6. The summed E-state index contributed by atoms with van der Waals surface area (Å²) in [6, 6.07) is 1.70. The van der Waals surface area contributed by atoms with Crippen LogP contribution in [0.2, 0.25) is 15.2 Å². The maximum atomic E-state index is 12.6. The van der Waals surface area contributed by atoms with E-state index < -0.39 is 5.91 Å². The number of aromatic nitrogens is 2. The van der Waals surface area contributed by atoms with Crippen molar-refractivity contribution in [3.8, 4) is 5.75 Å². The standard InChI is InChI=1S/C15H10Cl3N3O2S/c1-6-3-8(23-2)10(17)12(9(6)16)21-15(22)7-4-24-13-11(7)19-5-20-14(13)18/h3-5H,1-2H3,(H,21,22). The SMILES string of the molecule is COc1cc(C)c(Cl)c(NC(=O)c2csc3c(Cl)ncnc23)c1Cl. The third-order valence-electron chi connectivity index (χ3n) is 3.36. The second-order valence-electron chi connectivity index (χ2n) is 4.84. The number of rotatable bonds is 3. The number of fused-ring (bicyclic) bond motifs is 1. The van der Waals surface area contributed by atoms with Gasteiger partial charge in [0.15, 0.2) is 0 Å². The molecule has 0 unspecified atom stereocenters. The molecule has 2 aromatic heterocycles. The highest BCUT2D eigenvalue weighted by molar-refractivity contribution is 7.18. The first-order valence-corrected chi connectivity index (χ1v) is 8.67. The van der Waals surface area contributed by atoms with Crippen LogP contribution in [-0.2, 0) is 0 Å². The molecule has 0 saturated carbocycles. The number of halogens is 3. The highest BCUT2D eigenvalue weighted by Crippen LogP contribution is 2.40. The lowest BCUT2D eigenvalue weighted by Gasteiger charge is -2.14. The van der Waals surface area contributed by atoms with Gasteiger partial charge in [0.25, 0.3) is 5.91 Å². The van der Waals surface area contributed by atoms with Crippen molar-refractivity contribution < 1.29 is 9.53 Å². The second kappa shape index (κ2) is 6.72. The highest BCUT2D eigenvalue weighted by atomic mass is 35.5. The van der Waals surface area contributed by atoms with Crippen LogP contribution in [0.4, 0.5) is 5.69 Å². The molecule has 0 aliphatic carbocycles. The van der Waals surface area contributed by atoms with Gasteiger partial charge in [-0.2, -0.15) is 0 Å². The topological polar surface area (TPSA) is 64.1 Å². The molecular formula is C15H10Cl3N3O2S. The molecule has 0 fully saturated rings. The van der Waals surface area contributed by atoms with E-state index in [0.717, 1.165) is 5.56 Å². The Labute approximate surface area is 156 Å². The lowest BCUT2D eigenvalue weighted by molar-refractivity contribution is 0.102. The summed E-state index contributed by atoms with van der Waals surface area (Å²) in [5, 5.41) is 5.27. The number of aryl methyl sites for hydroxylation is 1. The molecule has 1 amide bonds. The molecule has 3 rings (SSSR count). The average Bonchev–Trinajstić information content (AvgIpc) is 3.00. The first-order chi connectivity index (χ1) is 11.4. The molecule has 124 valence electrons. The predicted molar refractivity (Wildman–Crippen MR) is 98.1 cm³/mol. The van der Waals surface area contributed by atoms with E-state index in [1.165, 1.54) is 24.8 Å². The van der Waals surface area contributed by atoms with Crippen LogP contribution in [0.15, 0.2) is 17.8 Å². The lowest BCUT2D eigenvalue weighted by Crippen LogP contribution is -2.13. The Morgan fingerprint density at radius 2 is 2.00 bits per heavy atom. The van der Waals surface area contributed by atoms with Crippen molar-refractivity contribution >= 4 is 68.0 Å². The summed E-state index contributed by atoms with van der Waals surface area (Å²) in [7, 11) is 1.49. The van der Waals surface area contributed by atoms with E-state index in [0.29, 0.717) is 37.4 Å². The van der Waals surface area contributed by atoms with Crippen LogP contribution < -0.4 is 10.1 Å². The minimum atomic E-state index is -0.396. The summed E-state index contributed by atoms with van der Waals surface area (Å²) in [6.45, 7) is 1.80. The molecule has 0 aliphatic rings. The number of anilines is 1. The van der Waals surface area contributed by atoms with Gasteiger partial charge >= 0.3 is 0 Å². The maximum Gasteiger partial charge on any atom is 0.258 e. The quantitative estimate of drug-likeness (QED) is 0.610. The minimum Gasteiger partial charge on any atom is -0.495 e. The third kappa shape index (κ3) is 2.91. The Kier molecular flexibility index (Phi) is 4.83. The summed E-state index contributed by atoms with van der Waals surface area (Å²) in [5.41, 5.74) is 1.87. The fourth-order valence-corrected chi connectivity index (χ4v) is 3.83. The van der Waals surface area contributed by atoms with Gasteiger partial charge in [-0.1, -0.05) is 34.8 Å². The third-order valence-corrected chi connectivity index (χ3v) is 5.60. The van der Waals surface area contributed by atoms with E-state index >= 15 is 0 Å². The van der Waals surface area contributed by atoms with Gasteiger partial charge in [0.05, 0.1) is 33.6 Å². The average molecular weight is 403 g/mol. The number of ether oxygens (including phenoxy) is 1. The molecule has 0 atom stereocenters. The van der Waals surface area contributed by atoms with Gasteiger partial charge in [0, 0.05) is 5.38 Å². The van der Waals surface area contributed by atoms with Crippen molar-refractivity contribution in [3.63, 3.8) is 0 Å². The normalized spacial score (nSPS) is 10.9. The maximum absolute atomic E-state index is 12.6. The largest absolute Gasteiger partial charge is 0.495 e. The summed E-state index contributed by atoms with van der Waals surface area (Å²) < 4.78 is 5.84. The smallest absolute Gasteiger partial charge is 0.258 e. The van der Waals surface area contributed by atoms with Crippen LogP contribution in [-0.4, -0.2) is 23.0 Å². The summed E-state index contributed by atoms with van der Waals surface area (Å²) in [5.74, 6) is 0.0295. The molecule has 24 heavy (non-hydrogen) atoms. The molecule has 5 nitrogen and oxygen atoms in total. The molecule has 0 spiro atoms. The van der Waals surface area contributed by atoms with Crippen LogP contribution >= 0.6 is 46.1 Å². The van der Waals surface area contributed by atoms with Gasteiger partial charge in [0.1, 0.15) is 22.3 Å². The predicted octanol–water partition coefficient (Wildman–Crippen LogP) is 5.22. The fourth-order valence-electron chi connectivity index (χ4n) is 2.16. The molecule has 1 aromatic carbocycles. The molecular weight excluding hydrogens is 393 g/mol. The van der Waals surface area contributed by atoms with E-state index in [-0.39, 0.29) is 5.02 Å². The Morgan fingerprint density at radius 1 is 1.25 bits per heavy atom. The van der Waals surface area contributed by atoms with Gasteiger partial charge in [0.2, 0.25) is 0 Å². The van der Waals surface area contributed by atoms with Gasteiger partial charge in [-0.15, -0.1) is 11.3 Å². The first kappa shape index (κ1) is 17.2. The van der Waals surface area contributed by atoms with Crippen LogP contribution in [0.25, 0.3) is 10.2 Å². The molecule has 9 heteroatoms. The highest BCUT2D eigenvalue weighted by Gasteiger charge is 2.20. The number of nitrogens with zero attached hydrogens (tertiary/aromatic N) is 2. The van der Waals surface area contributed by atoms with Crippen molar-refractivity contribution in [2.45, 2.75) is 6.92 Å². The van der Waals surface area contributed by atoms with Crippen LogP contribution in [0.1, 0.15) is 15.9 Å². The number of amides is 1. The molecule has 0 saturated heterocycles. The second-order valence-corrected chi connectivity index (χ2v) is 6.84. The number of carbonyl (C=O) groups is 1. The van der Waals surface area contributed by atoms with E-state index in [9.17, 15) is 4.79 Å². The van der Waals surface area contributed by atoms with Crippen molar-refractivity contribution in [2.24, 2.45) is 0 Å². The van der Waals surface area contributed by atoms with Gasteiger partial charge in [-0.05, 0) is 18.6 Å². The van der Waals surface area contributed by atoms with Crippen molar-refractivity contribution in [1.29, 1.82) is 0 Å². The van der Waals surface area contributed by atoms with Crippen LogP contribution in [0.5, 0.6) is 5.75 Å². The first-order valence-electron chi connectivity index (χ1n) is 6.65. The molecule has 0 radical (unpaired) electrons. The number of methoxy groups -OCH3 is 1. The van der Waals surface area contributed by atoms with Crippen LogP contribution in [0.3, 0.4) is 0 Å². The molecule has 0 aliphatic heterocycles.